The summed E-state index contributed by atoms with van der Waals surface area (Å²) < 4.78 is 30.0. The summed E-state index contributed by atoms with van der Waals surface area (Å²) in [5.41, 5.74) is 7.57. The Morgan fingerprint density at radius 2 is 1.79 bits per heavy atom. The summed E-state index contributed by atoms with van der Waals surface area (Å²) >= 11 is 1.31. The fourth-order valence-electron chi connectivity index (χ4n) is 5.50. The molecule has 0 radical (unpaired) electrons. The molecule has 5 rings (SSSR count). The zero-order valence-electron chi connectivity index (χ0n) is 26.0. The molecule has 254 valence electrons. The van der Waals surface area contributed by atoms with Gasteiger partial charge in [-0.3, -0.25) is 19.2 Å². The van der Waals surface area contributed by atoms with Crippen molar-refractivity contribution >= 4 is 41.0 Å². The Morgan fingerprint density at radius 3 is 2.48 bits per heavy atom. The molecule has 1 fully saturated rings. The smallest absolute Gasteiger partial charge is 0.320 e. The van der Waals surface area contributed by atoms with Crippen LogP contribution in [0.3, 0.4) is 0 Å². The van der Waals surface area contributed by atoms with Crippen LogP contribution < -0.4 is 30.2 Å². The molecule has 0 aromatic heterocycles. The van der Waals surface area contributed by atoms with Gasteiger partial charge in [0.05, 0.1) is 18.7 Å². The minimum atomic E-state index is -1.18. The molecule has 1 saturated heterocycles. The molecule has 12 nitrogen and oxygen atoms in total. The lowest BCUT2D eigenvalue weighted by Gasteiger charge is -2.47. The number of carboxylic acids is 1. The van der Waals surface area contributed by atoms with E-state index in [2.05, 4.69) is 5.32 Å². The number of Topliss-reactive ketones (excluding diaryl/α,β-unsaturated/α-hetero) is 1. The molecule has 0 spiro atoms. The van der Waals surface area contributed by atoms with Gasteiger partial charge >= 0.3 is 5.97 Å². The van der Waals surface area contributed by atoms with Crippen molar-refractivity contribution in [2.24, 2.45) is 11.7 Å². The molecule has 48 heavy (non-hydrogen) atoms. The number of halogens is 1. The van der Waals surface area contributed by atoms with Crippen LogP contribution in [0.4, 0.5) is 10.1 Å². The summed E-state index contributed by atoms with van der Waals surface area (Å²) in [6, 6.07) is 16.1. The van der Waals surface area contributed by atoms with E-state index >= 15 is 0 Å². The number of nitrogens with one attached hydrogen (secondary N) is 1. The van der Waals surface area contributed by atoms with Gasteiger partial charge in [-0.1, -0.05) is 31.5 Å². The lowest BCUT2D eigenvalue weighted by Crippen LogP contribution is -2.57. The zero-order chi connectivity index (χ0) is 34.4. The second kappa shape index (κ2) is 15.5. The van der Waals surface area contributed by atoms with E-state index in [1.54, 1.807) is 54.3 Å². The predicted octanol–water partition coefficient (Wildman–Crippen LogP) is 3.37. The molecule has 14 heteroatoms. The molecule has 3 aromatic carbocycles. The number of ketones is 1. The number of rotatable bonds is 16. The lowest BCUT2D eigenvalue weighted by molar-refractivity contribution is -0.140. The number of carbonyl (C=O) groups is 4. The Balaban J connectivity index is 1.19. The second-order valence-electron chi connectivity index (χ2n) is 11.4. The van der Waals surface area contributed by atoms with E-state index in [-0.39, 0.29) is 43.8 Å². The van der Waals surface area contributed by atoms with Crippen LogP contribution in [0.15, 0.2) is 66.7 Å². The fraction of sp³-hybridized carbons (Fsp3) is 0.353. The summed E-state index contributed by atoms with van der Waals surface area (Å²) in [7, 11) is 0. The summed E-state index contributed by atoms with van der Waals surface area (Å²) in [5.74, 6) is -1.45. The topological polar surface area (TPSA) is 178 Å². The van der Waals surface area contributed by atoms with Crippen LogP contribution in [-0.2, 0) is 19.2 Å². The maximum atomic E-state index is 13.7. The highest BCUT2D eigenvalue weighted by Crippen LogP contribution is 2.46. The van der Waals surface area contributed by atoms with Crippen LogP contribution in [0, 0.1) is 11.7 Å². The normalized spacial score (nSPS) is 18.4. The first-order chi connectivity index (χ1) is 23.0. The molecule has 5 N–H and O–H groups in total. The van der Waals surface area contributed by atoms with Gasteiger partial charge in [0.1, 0.15) is 22.9 Å². The number of thioether (sulfide) groups is 1. The average Bonchev–Trinajstić information content (AvgIpc) is 3.56. The van der Waals surface area contributed by atoms with Crippen LogP contribution in [0.25, 0.3) is 0 Å². The maximum Gasteiger partial charge on any atom is 0.320 e. The number of aliphatic hydroxyl groups excluding tert-OH is 1. The van der Waals surface area contributed by atoms with Crippen molar-refractivity contribution in [3.63, 3.8) is 0 Å². The number of aliphatic carboxylic acids is 1. The quantitative estimate of drug-likeness (QED) is 0.163. The van der Waals surface area contributed by atoms with Crippen LogP contribution in [0.1, 0.15) is 43.0 Å². The number of nitrogens with two attached hydrogens (primary N) is 1. The third kappa shape index (κ3) is 8.06. The Bertz CT molecular complexity index is 1640. The molecular weight excluding hydrogens is 645 g/mol. The largest absolute Gasteiger partial charge is 0.484 e. The fourth-order valence-corrected chi connectivity index (χ4v) is 6.80. The van der Waals surface area contributed by atoms with Gasteiger partial charge in [0.2, 0.25) is 12.7 Å². The van der Waals surface area contributed by atoms with E-state index in [1.165, 1.54) is 36.0 Å². The SMILES string of the molecule is CCC(CC(=O)CNC(=O)COc1ccc([C@@H]2[C@@H](SC[C@H](O)c3ccc4c(c3)OCO4)C(=O)N2c2ccc(F)cc2)cc1)[C@@H](N)C(=O)O. The predicted molar refractivity (Wildman–Crippen MR) is 174 cm³/mol. The highest BCUT2D eigenvalue weighted by atomic mass is 32.2. The lowest BCUT2D eigenvalue weighted by atomic mass is 9.92. The first-order valence-corrected chi connectivity index (χ1v) is 16.4. The maximum absolute atomic E-state index is 13.7. The number of benzene rings is 3. The summed E-state index contributed by atoms with van der Waals surface area (Å²) in [6.45, 7) is 1.22. The van der Waals surface area contributed by atoms with Gasteiger partial charge < -0.3 is 40.4 Å². The van der Waals surface area contributed by atoms with Crippen LogP contribution in [0.5, 0.6) is 17.2 Å². The first-order valence-electron chi connectivity index (χ1n) is 15.3. The Morgan fingerprint density at radius 1 is 1.08 bits per heavy atom. The molecule has 2 heterocycles. The van der Waals surface area contributed by atoms with Crippen molar-refractivity contribution in [2.45, 2.75) is 43.2 Å². The Labute approximate surface area is 280 Å². The van der Waals surface area contributed by atoms with Gasteiger partial charge in [-0.15, -0.1) is 11.8 Å². The van der Waals surface area contributed by atoms with Crippen molar-refractivity contribution in [2.75, 3.05) is 30.6 Å². The first kappa shape index (κ1) is 34.7. The minimum Gasteiger partial charge on any atom is -0.484 e. The molecule has 0 aliphatic carbocycles. The van der Waals surface area contributed by atoms with Gasteiger partial charge in [-0.05, 0) is 65.6 Å². The molecular formula is C34H36FN3O9S. The number of amides is 2. The molecule has 2 aliphatic heterocycles. The van der Waals surface area contributed by atoms with Crippen molar-refractivity contribution in [1.29, 1.82) is 0 Å². The van der Waals surface area contributed by atoms with Crippen LogP contribution in [-0.4, -0.2) is 70.8 Å². The van der Waals surface area contributed by atoms with E-state index in [0.717, 1.165) is 5.56 Å². The second-order valence-corrected chi connectivity index (χ2v) is 12.6. The molecule has 0 bridgehead atoms. The van der Waals surface area contributed by atoms with E-state index < -0.39 is 47.0 Å². The monoisotopic (exact) mass is 681 g/mol. The summed E-state index contributed by atoms with van der Waals surface area (Å²) in [6.07, 6.45) is -0.529. The molecule has 2 aliphatic rings. The number of hydrogen-bond acceptors (Lipinski definition) is 10. The average molecular weight is 682 g/mol. The van der Waals surface area contributed by atoms with Gasteiger partial charge in [-0.2, -0.15) is 0 Å². The Kier molecular flexibility index (Phi) is 11.2. The van der Waals surface area contributed by atoms with E-state index in [9.17, 15) is 28.7 Å². The van der Waals surface area contributed by atoms with Gasteiger partial charge in [0.25, 0.3) is 5.91 Å². The molecule has 5 atom stereocenters. The number of anilines is 1. The minimum absolute atomic E-state index is 0.0676. The van der Waals surface area contributed by atoms with Crippen LogP contribution >= 0.6 is 11.8 Å². The summed E-state index contributed by atoms with van der Waals surface area (Å²) in [5, 5.41) is 21.9. The number of aliphatic hydroxyl groups is 1. The van der Waals surface area contributed by atoms with Crippen LogP contribution in [0.2, 0.25) is 0 Å². The highest BCUT2D eigenvalue weighted by molar-refractivity contribution is 8.00. The molecule has 0 saturated carbocycles. The summed E-state index contributed by atoms with van der Waals surface area (Å²) in [4.78, 5) is 50.7. The number of β-lactam (4-membered cyclic amide) rings is 1. The zero-order valence-corrected chi connectivity index (χ0v) is 26.9. The van der Waals surface area contributed by atoms with Crippen molar-refractivity contribution in [3.8, 4) is 17.2 Å². The highest BCUT2D eigenvalue weighted by Gasteiger charge is 2.49. The number of carbonyl (C=O) groups excluding carboxylic acids is 3. The van der Waals surface area contributed by atoms with E-state index in [4.69, 9.17) is 25.1 Å². The van der Waals surface area contributed by atoms with Crippen molar-refractivity contribution in [3.05, 3.63) is 83.7 Å². The number of ether oxygens (including phenoxy) is 3. The molecule has 2 amide bonds. The standard InChI is InChI=1S/C34H36FN3O9S/c1-2-19(30(36)34(43)44)13-24(39)15-37-29(41)16-45-25-10-3-20(4-11-25)31-32(33(42)38(31)23-8-6-22(35)7-9-23)48-17-26(40)21-5-12-27-28(14-21)47-18-46-27/h3-12,14,19,26,30-32,40H,2,13,15-18,36H2,1H3,(H,37,41)(H,43,44)/t19?,26-,30+,31+,32+/m0/s1. The van der Waals surface area contributed by atoms with E-state index in [0.29, 0.717) is 34.9 Å². The number of hydrogen-bond donors (Lipinski definition) is 4. The third-order valence-corrected chi connectivity index (χ3v) is 9.57. The third-order valence-electron chi connectivity index (χ3n) is 8.25. The number of carboxylic acid groups (broad SMARTS) is 1. The number of fused-ring (bicyclic) bond motifs is 1. The van der Waals surface area contributed by atoms with Gasteiger partial charge in [-0.25, -0.2) is 4.39 Å². The Hall–Kier alpha value is -4.66. The molecule has 1 unspecified atom stereocenters. The molecule has 3 aromatic rings. The van der Waals surface area contributed by atoms with Gasteiger partial charge in [0.15, 0.2) is 23.9 Å². The van der Waals surface area contributed by atoms with E-state index in [1.807, 2.05) is 0 Å². The van der Waals surface area contributed by atoms with Crippen molar-refractivity contribution < 1.29 is 48.0 Å². The van der Waals surface area contributed by atoms with Crippen molar-refractivity contribution in [1.82, 2.24) is 5.32 Å². The van der Waals surface area contributed by atoms with Gasteiger partial charge in [0, 0.05) is 17.9 Å². The number of nitrogens with zero attached hydrogens (tertiary/aromatic N) is 1.